The molecule has 104 valence electrons. The van der Waals surface area contributed by atoms with Gasteiger partial charge >= 0.3 is 12.0 Å². The summed E-state index contributed by atoms with van der Waals surface area (Å²) in [6.45, 7) is 4.59. The maximum Gasteiger partial charge on any atom is 0.320 e. The minimum atomic E-state index is -0.951. The van der Waals surface area contributed by atoms with Crippen molar-refractivity contribution in [1.29, 1.82) is 0 Å². The molecule has 0 aromatic heterocycles. The number of amides is 3. The Morgan fingerprint density at radius 3 is 2.28 bits per heavy atom. The summed E-state index contributed by atoms with van der Waals surface area (Å²) in [5, 5.41) is 11.2. The van der Waals surface area contributed by atoms with E-state index in [9.17, 15) is 14.4 Å². The minimum absolute atomic E-state index is 0.0315. The summed E-state index contributed by atoms with van der Waals surface area (Å²) in [7, 11) is 1.51. The summed E-state index contributed by atoms with van der Waals surface area (Å²) in [6.07, 6.45) is -0.103. The standard InChI is InChI=1S/C11H21N3O4/c1-4-12-9(15)8-13(3)11(18)14(5-2)7-6-10(16)17/h4-8H2,1-3H3,(H,12,15)(H,16,17). The van der Waals surface area contributed by atoms with Crippen molar-refractivity contribution in [2.24, 2.45) is 0 Å². The normalized spacial score (nSPS) is 9.72. The number of hydrogen-bond acceptors (Lipinski definition) is 3. The van der Waals surface area contributed by atoms with E-state index in [1.165, 1.54) is 16.8 Å². The van der Waals surface area contributed by atoms with Gasteiger partial charge in [-0.3, -0.25) is 9.59 Å². The van der Waals surface area contributed by atoms with Crippen molar-refractivity contribution in [3.63, 3.8) is 0 Å². The molecule has 0 aliphatic heterocycles. The molecule has 0 fully saturated rings. The highest BCUT2D eigenvalue weighted by atomic mass is 16.4. The van der Waals surface area contributed by atoms with E-state index < -0.39 is 5.97 Å². The van der Waals surface area contributed by atoms with E-state index in [0.717, 1.165) is 0 Å². The lowest BCUT2D eigenvalue weighted by Crippen LogP contribution is -2.46. The number of nitrogens with zero attached hydrogens (tertiary/aromatic N) is 2. The monoisotopic (exact) mass is 259 g/mol. The number of nitrogens with one attached hydrogen (secondary N) is 1. The number of carbonyl (C=O) groups excluding carboxylic acids is 2. The number of urea groups is 1. The molecule has 0 heterocycles. The second-order valence-electron chi connectivity index (χ2n) is 3.82. The molecule has 0 aliphatic rings. The molecule has 3 amide bonds. The lowest BCUT2D eigenvalue weighted by atomic mass is 10.4. The second kappa shape index (κ2) is 8.32. The first-order valence-electron chi connectivity index (χ1n) is 5.90. The van der Waals surface area contributed by atoms with Crippen molar-refractivity contribution in [3.05, 3.63) is 0 Å². The smallest absolute Gasteiger partial charge is 0.320 e. The molecule has 0 aromatic rings. The topological polar surface area (TPSA) is 90.0 Å². The molecular formula is C11H21N3O4. The summed E-state index contributed by atoms with van der Waals surface area (Å²) in [4.78, 5) is 36.4. The summed E-state index contributed by atoms with van der Waals surface area (Å²) in [5.41, 5.74) is 0. The van der Waals surface area contributed by atoms with Crippen LogP contribution < -0.4 is 5.32 Å². The molecule has 0 unspecified atom stereocenters. The fourth-order valence-electron chi connectivity index (χ4n) is 1.40. The predicted molar refractivity (Wildman–Crippen MR) is 66.2 cm³/mol. The minimum Gasteiger partial charge on any atom is -0.481 e. The molecule has 0 rings (SSSR count). The van der Waals surface area contributed by atoms with Crippen LogP contribution >= 0.6 is 0 Å². The third-order valence-electron chi connectivity index (χ3n) is 2.33. The molecule has 0 bridgehead atoms. The molecule has 7 nitrogen and oxygen atoms in total. The number of rotatable bonds is 7. The molecular weight excluding hydrogens is 238 g/mol. The maximum absolute atomic E-state index is 11.9. The molecule has 0 saturated carbocycles. The fraction of sp³-hybridized carbons (Fsp3) is 0.727. The van der Waals surface area contributed by atoms with Crippen molar-refractivity contribution >= 4 is 17.9 Å². The molecule has 2 N–H and O–H groups in total. The van der Waals surface area contributed by atoms with Crippen molar-refractivity contribution in [2.45, 2.75) is 20.3 Å². The van der Waals surface area contributed by atoms with Gasteiger partial charge in [-0.1, -0.05) is 0 Å². The van der Waals surface area contributed by atoms with Crippen LogP contribution in [-0.2, 0) is 9.59 Å². The van der Waals surface area contributed by atoms with Gasteiger partial charge in [0.25, 0.3) is 0 Å². The zero-order chi connectivity index (χ0) is 14.1. The van der Waals surface area contributed by atoms with Crippen molar-refractivity contribution in [1.82, 2.24) is 15.1 Å². The molecule has 0 radical (unpaired) electrons. The Labute approximate surface area is 107 Å². The highest BCUT2D eigenvalue weighted by Gasteiger charge is 2.18. The molecule has 0 aliphatic carbocycles. The van der Waals surface area contributed by atoms with Crippen LogP contribution in [0.3, 0.4) is 0 Å². The van der Waals surface area contributed by atoms with Gasteiger partial charge in [-0.05, 0) is 13.8 Å². The highest BCUT2D eigenvalue weighted by Crippen LogP contribution is 1.98. The zero-order valence-corrected chi connectivity index (χ0v) is 11.1. The largest absolute Gasteiger partial charge is 0.481 e. The summed E-state index contributed by atoms with van der Waals surface area (Å²) in [6, 6.07) is -0.343. The predicted octanol–water partition coefficient (Wildman–Crippen LogP) is -0.0291. The average molecular weight is 259 g/mol. The van der Waals surface area contributed by atoms with Gasteiger partial charge < -0.3 is 20.2 Å². The Bertz CT molecular complexity index is 307. The van der Waals surface area contributed by atoms with Gasteiger partial charge in [-0.25, -0.2) is 4.79 Å². The third kappa shape index (κ3) is 6.07. The fourth-order valence-corrected chi connectivity index (χ4v) is 1.40. The van der Waals surface area contributed by atoms with E-state index in [4.69, 9.17) is 5.11 Å². The van der Waals surface area contributed by atoms with E-state index in [2.05, 4.69) is 5.32 Å². The van der Waals surface area contributed by atoms with Gasteiger partial charge in [0.1, 0.15) is 6.54 Å². The Morgan fingerprint density at radius 1 is 1.22 bits per heavy atom. The lowest BCUT2D eigenvalue weighted by Gasteiger charge is -2.26. The van der Waals surface area contributed by atoms with E-state index >= 15 is 0 Å². The van der Waals surface area contributed by atoms with E-state index in [0.29, 0.717) is 13.1 Å². The Kier molecular flexibility index (Phi) is 7.50. The number of carboxylic acid groups (broad SMARTS) is 1. The number of likely N-dealkylation sites (N-methyl/N-ethyl adjacent to an activating group) is 2. The first-order chi connectivity index (χ1) is 8.42. The molecule has 18 heavy (non-hydrogen) atoms. The maximum atomic E-state index is 11.9. The van der Waals surface area contributed by atoms with Crippen LogP contribution in [0.15, 0.2) is 0 Å². The third-order valence-corrected chi connectivity index (χ3v) is 2.33. The van der Waals surface area contributed by atoms with Gasteiger partial charge in [0, 0.05) is 26.7 Å². The zero-order valence-electron chi connectivity index (χ0n) is 11.1. The quantitative estimate of drug-likeness (QED) is 0.672. The van der Waals surface area contributed by atoms with E-state index in [1.54, 1.807) is 13.8 Å². The lowest BCUT2D eigenvalue weighted by molar-refractivity contribution is -0.137. The molecule has 0 saturated heterocycles. The number of aliphatic carboxylic acids is 1. The molecule has 7 heteroatoms. The van der Waals surface area contributed by atoms with Gasteiger partial charge in [-0.15, -0.1) is 0 Å². The van der Waals surface area contributed by atoms with Crippen LogP contribution in [0, 0.1) is 0 Å². The van der Waals surface area contributed by atoms with Crippen LogP contribution in [0.4, 0.5) is 4.79 Å². The number of hydrogen-bond donors (Lipinski definition) is 2. The van der Waals surface area contributed by atoms with Gasteiger partial charge in [0.2, 0.25) is 5.91 Å². The van der Waals surface area contributed by atoms with Gasteiger partial charge in [0.15, 0.2) is 0 Å². The van der Waals surface area contributed by atoms with Crippen molar-refractivity contribution in [3.8, 4) is 0 Å². The SMILES string of the molecule is CCNC(=O)CN(C)C(=O)N(CC)CCC(=O)O. The van der Waals surface area contributed by atoms with Crippen molar-refractivity contribution in [2.75, 3.05) is 33.2 Å². The van der Waals surface area contributed by atoms with Crippen LogP contribution in [0.25, 0.3) is 0 Å². The Morgan fingerprint density at radius 2 is 1.83 bits per heavy atom. The van der Waals surface area contributed by atoms with Crippen LogP contribution in [-0.4, -0.2) is 66.0 Å². The summed E-state index contributed by atoms with van der Waals surface area (Å²) < 4.78 is 0. The Hall–Kier alpha value is -1.79. The second-order valence-corrected chi connectivity index (χ2v) is 3.82. The van der Waals surface area contributed by atoms with Crippen molar-refractivity contribution < 1.29 is 19.5 Å². The van der Waals surface area contributed by atoms with Crippen LogP contribution in [0.5, 0.6) is 0 Å². The van der Waals surface area contributed by atoms with Crippen LogP contribution in [0.1, 0.15) is 20.3 Å². The van der Waals surface area contributed by atoms with E-state index in [1.807, 2.05) is 0 Å². The first-order valence-corrected chi connectivity index (χ1v) is 5.90. The molecule has 0 aromatic carbocycles. The Balaban J connectivity index is 4.30. The molecule has 0 atom stereocenters. The number of carboxylic acids is 1. The summed E-state index contributed by atoms with van der Waals surface area (Å²) >= 11 is 0. The van der Waals surface area contributed by atoms with Gasteiger partial charge in [0.05, 0.1) is 6.42 Å². The highest BCUT2D eigenvalue weighted by molar-refractivity contribution is 5.84. The van der Waals surface area contributed by atoms with Gasteiger partial charge in [-0.2, -0.15) is 0 Å². The van der Waals surface area contributed by atoms with Crippen LogP contribution in [0.2, 0.25) is 0 Å². The summed E-state index contributed by atoms with van der Waals surface area (Å²) in [5.74, 6) is -1.18. The average Bonchev–Trinajstić information content (AvgIpc) is 2.29. The molecule has 0 spiro atoms. The number of carbonyl (C=O) groups is 3. The van der Waals surface area contributed by atoms with E-state index in [-0.39, 0.29) is 31.4 Å². The first kappa shape index (κ1) is 16.2.